The molecule has 129 heavy (non-hydrogen) atoms. The van der Waals surface area contributed by atoms with Gasteiger partial charge in [0.15, 0.2) is 23.3 Å². The number of nitrogens with one attached hydrogen (secondary N) is 1. The maximum absolute atomic E-state index is 5.01. The first kappa shape index (κ1) is 84.6. The summed E-state index contributed by atoms with van der Waals surface area (Å²) < 4.78 is 6.27. The van der Waals surface area contributed by atoms with E-state index in [9.17, 15) is 0 Å². The van der Waals surface area contributed by atoms with Gasteiger partial charge in [0.2, 0.25) is 0 Å². The molecule has 0 radical (unpaired) electrons. The molecule has 0 atom stereocenters. The molecule has 620 valence electrons. The highest BCUT2D eigenvalue weighted by atomic mass is 32.1. The second-order valence-corrected chi connectivity index (χ2v) is 28.7. The first-order chi connectivity index (χ1) is 64.0. The molecule has 23 heteroatoms. The molecule has 14 aromatic heterocycles. The Labute approximate surface area is 744 Å². The van der Waals surface area contributed by atoms with E-state index in [1.807, 2.05) is 297 Å². The van der Waals surface area contributed by atoms with Crippen molar-refractivity contribution in [2.45, 2.75) is 0 Å². The van der Waals surface area contributed by atoms with Crippen molar-refractivity contribution in [2.75, 3.05) is 0 Å². The SMILES string of the molecule is [HH].c1ccc2c(c1)[nH]c1ccccc12.c1ccc2cnccc2c1.c1ccc2cnncc2c1.c1ccc2nc3ccccc3cc2c1.c1ccc2nc3ccccc3nc2c1.c1ccc2nccnc2c1.c1ccc2ncncc2c1.c1ccc2nnccc2c1.c1ccc2ocnc2c1.c1ccc2scnc2c1.c1cnc2ncccc2c1.c1cnc2ncncc2n1. The number of pyridine rings is 4. The minimum Gasteiger partial charge on any atom is -0.443 e. The number of aromatic nitrogens is 21. The summed E-state index contributed by atoms with van der Waals surface area (Å²) in [6.45, 7) is 0. The van der Waals surface area contributed by atoms with Gasteiger partial charge < -0.3 is 9.40 Å². The van der Waals surface area contributed by atoms with Crippen molar-refractivity contribution in [3.8, 4) is 0 Å². The predicted octanol–water partition coefficient (Wildman–Crippen LogP) is 24.7. The highest BCUT2D eigenvalue weighted by Crippen LogP contribution is 2.26. The monoisotopic (exact) mass is 1690 g/mol. The second-order valence-electron chi connectivity index (χ2n) is 27.8. The lowest BCUT2D eigenvalue weighted by Crippen LogP contribution is -1.85. The molecule has 0 unspecified atom stereocenters. The van der Waals surface area contributed by atoms with Crippen molar-refractivity contribution < 1.29 is 5.84 Å². The predicted molar refractivity (Wildman–Crippen MR) is 522 cm³/mol. The molecule has 0 spiro atoms. The fourth-order valence-corrected chi connectivity index (χ4v) is 13.7. The van der Waals surface area contributed by atoms with Gasteiger partial charge in [-0.25, -0.2) is 64.8 Å². The highest BCUT2D eigenvalue weighted by molar-refractivity contribution is 7.16. The Morgan fingerprint density at radius 2 is 0.659 bits per heavy atom. The van der Waals surface area contributed by atoms with Crippen LogP contribution in [0.1, 0.15) is 1.43 Å². The second kappa shape index (κ2) is 44.7. The van der Waals surface area contributed by atoms with E-state index >= 15 is 0 Å². The van der Waals surface area contributed by atoms with Crippen molar-refractivity contribution in [1.82, 2.24) is 105 Å². The van der Waals surface area contributed by atoms with Gasteiger partial charge in [0.25, 0.3) is 0 Å². The zero-order chi connectivity index (χ0) is 87.3. The molecule has 14 heterocycles. The van der Waals surface area contributed by atoms with Crippen LogP contribution in [0, 0.1) is 0 Å². The lowest BCUT2D eigenvalue weighted by atomic mass is 10.1. The number of aromatic amines is 1. The zero-order valence-corrected chi connectivity index (χ0v) is 70.0. The van der Waals surface area contributed by atoms with Crippen LogP contribution in [0.5, 0.6) is 0 Å². The van der Waals surface area contributed by atoms with Crippen LogP contribution in [-0.2, 0) is 0 Å². The van der Waals surface area contributed by atoms with Gasteiger partial charge in [-0.15, -0.1) is 11.3 Å². The minimum absolute atomic E-state index is 0. The van der Waals surface area contributed by atoms with Crippen LogP contribution in [0.2, 0.25) is 0 Å². The van der Waals surface area contributed by atoms with Gasteiger partial charge in [0.1, 0.15) is 23.7 Å². The van der Waals surface area contributed by atoms with Gasteiger partial charge in [-0.2, -0.15) is 20.4 Å². The van der Waals surface area contributed by atoms with Crippen molar-refractivity contribution in [3.05, 3.63) is 463 Å². The van der Waals surface area contributed by atoms with Crippen LogP contribution < -0.4 is 0 Å². The molecule has 0 fully saturated rings. The molecular formula is C106H79N21OS. The molecule has 0 bridgehead atoms. The molecule has 22 nitrogen and oxygen atoms in total. The molecule has 13 aromatic carbocycles. The number of thiazole rings is 1. The summed E-state index contributed by atoms with van der Waals surface area (Å²) in [7, 11) is 0. The lowest BCUT2D eigenvalue weighted by molar-refractivity contribution is 0.602. The number of oxazole rings is 1. The summed E-state index contributed by atoms with van der Waals surface area (Å²) >= 11 is 1.68. The van der Waals surface area contributed by atoms with E-state index in [1.165, 1.54) is 60.8 Å². The summed E-state index contributed by atoms with van der Waals surface area (Å²) in [5, 5.41) is 28.3. The third-order valence-corrected chi connectivity index (χ3v) is 20.1. The van der Waals surface area contributed by atoms with E-state index < -0.39 is 0 Å². The largest absolute Gasteiger partial charge is 0.443 e. The van der Waals surface area contributed by atoms with Crippen molar-refractivity contribution >= 4 is 175 Å². The van der Waals surface area contributed by atoms with Crippen LogP contribution in [0.15, 0.2) is 467 Å². The smallest absolute Gasteiger partial charge is 0.181 e. The Balaban J connectivity index is 0.000000109. The molecule has 0 amide bonds. The number of nitrogens with zero attached hydrogens (tertiary/aromatic N) is 20. The van der Waals surface area contributed by atoms with E-state index in [-0.39, 0.29) is 1.43 Å². The van der Waals surface area contributed by atoms with Gasteiger partial charge in [-0.1, -0.05) is 218 Å². The standard InChI is InChI=1S/C13H9N.C12H8N2.C12H9N.C9H7N.5C8H6N2.C7H5NO.C7H5NS.C6H4N4.H2/c1-3-7-12-10(5-1)9-11-6-2-4-8-13(11)14-12;1-2-6-10-9(5-1)13-11-7-3-4-8-12(11)14-10;1-3-7-11-9(5-1)10-6-2-4-8-12(10)13-11;1-2-4-9-7-10-6-5-8(9)3-1;1-3-7-4-2-6-10-8(7)9-5-1;1-2-4-8-7(3-1)5-9-6-10-8;1-2-4-8-6-10-9-5-7(8)3-1;1-2-4-8-7(3-1)9-5-6-10-8;1-2-4-8-7(3-1)5-6-9-10-8;2*1-2-4-7-6(3-1)8-5-9-7;1-2-9-6-5(8-1)3-7-4-10-6;/h1-9H;1-8H;1-8,13H;1-7H;5*1-6H;2*1-5H;1-4H;1H. The first-order valence-corrected chi connectivity index (χ1v) is 41.7. The van der Waals surface area contributed by atoms with Crippen LogP contribution in [-0.4, -0.2) is 105 Å². The average Bonchev–Trinajstić information content (AvgIpc) is 1.69. The van der Waals surface area contributed by atoms with E-state index in [4.69, 9.17) is 4.42 Å². The summed E-state index contributed by atoms with van der Waals surface area (Å²) in [4.78, 5) is 69.1. The first-order valence-electron chi connectivity index (χ1n) is 40.8. The van der Waals surface area contributed by atoms with Crippen LogP contribution in [0.3, 0.4) is 0 Å². The number of hydrogen-bond donors (Lipinski definition) is 1. The van der Waals surface area contributed by atoms with E-state index in [1.54, 1.807) is 79.6 Å². The molecule has 0 saturated heterocycles. The lowest BCUT2D eigenvalue weighted by Gasteiger charge is -1.99. The number of hydrogen-bond acceptors (Lipinski definition) is 22. The Morgan fingerprint density at radius 3 is 1.22 bits per heavy atom. The highest BCUT2D eigenvalue weighted by Gasteiger charge is 2.04. The summed E-state index contributed by atoms with van der Waals surface area (Å²) in [6.07, 6.45) is 26.9. The number of para-hydroxylation sites is 14. The van der Waals surface area contributed by atoms with Gasteiger partial charge >= 0.3 is 0 Å². The van der Waals surface area contributed by atoms with Crippen LogP contribution >= 0.6 is 11.3 Å². The van der Waals surface area contributed by atoms with Gasteiger partial charge in [-0.3, -0.25) is 15.0 Å². The fraction of sp³-hybridized carbons (Fsp3) is 0. The molecule has 27 rings (SSSR count). The van der Waals surface area contributed by atoms with Crippen molar-refractivity contribution in [3.63, 3.8) is 0 Å². The average molecular weight is 1700 g/mol. The molecule has 0 aliphatic carbocycles. The third kappa shape index (κ3) is 23.9. The summed E-state index contributed by atoms with van der Waals surface area (Å²) in [5.74, 6) is 0. The Kier molecular flexibility index (Phi) is 29.3. The summed E-state index contributed by atoms with van der Waals surface area (Å²) in [5.41, 5.74) is 19.1. The van der Waals surface area contributed by atoms with E-state index in [0.29, 0.717) is 5.65 Å². The normalized spacial score (nSPS) is 10.3. The van der Waals surface area contributed by atoms with Crippen molar-refractivity contribution in [1.29, 1.82) is 0 Å². The fourth-order valence-electron chi connectivity index (χ4n) is 13.0. The number of fused-ring (bicyclic) bond motifs is 16. The third-order valence-electron chi connectivity index (χ3n) is 19.3. The molecule has 1 N–H and O–H groups in total. The Hall–Kier alpha value is -18.0. The molecule has 0 saturated carbocycles. The van der Waals surface area contributed by atoms with Gasteiger partial charge in [0.05, 0.1) is 95.7 Å². The van der Waals surface area contributed by atoms with Gasteiger partial charge in [0, 0.05) is 117 Å². The zero-order valence-electron chi connectivity index (χ0n) is 69.1. The molecular weight excluding hydrogens is 1620 g/mol. The molecule has 0 aliphatic heterocycles. The van der Waals surface area contributed by atoms with Crippen LogP contribution in [0.4, 0.5) is 0 Å². The Morgan fingerprint density at radius 1 is 0.233 bits per heavy atom. The van der Waals surface area contributed by atoms with E-state index in [2.05, 4.69) is 190 Å². The maximum Gasteiger partial charge on any atom is 0.181 e. The number of benzene rings is 13. The number of rotatable bonds is 0. The Bertz CT molecular complexity index is 6570. The van der Waals surface area contributed by atoms with Crippen LogP contribution in [0.25, 0.3) is 164 Å². The molecule has 0 aliphatic rings. The van der Waals surface area contributed by atoms with Crippen molar-refractivity contribution in [2.24, 2.45) is 0 Å². The van der Waals surface area contributed by atoms with E-state index in [0.717, 1.165) is 110 Å². The van der Waals surface area contributed by atoms with Gasteiger partial charge in [-0.05, 0) is 150 Å². The quantitative estimate of drug-likeness (QED) is 0.138. The summed E-state index contributed by atoms with van der Waals surface area (Å²) in [6, 6.07) is 119. The topological polar surface area (TPSA) is 287 Å². The molecule has 27 aromatic rings. The minimum atomic E-state index is 0. The number of H-pyrrole nitrogens is 1. The maximum atomic E-state index is 5.01.